The lowest BCUT2D eigenvalue weighted by Crippen LogP contribution is -2.24. The van der Waals surface area contributed by atoms with Crippen LogP contribution in [0.15, 0.2) is 23.2 Å². The zero-order valence-corrected chi connectivity index (χ0v) is 11.6. The molecule has 2 nitrogen and oxygen atoms in total. The third kappa shape index (κ3) is 2.49. The van der Waals surface area contributed by atoms with Crippen LogP contribution in [0.2, 0.25) is 0 Å². The van der Waals surface area contributed by atoms with E-state index < -0.39 is 0 Å². The number of hydrogen-bond donors (Lipinski definition) is 0. The third-order valence-electron chi connectivity index (χ3n) is 4.45. The number of benzene rings is 1. The van der Waals surface area contributed by atoms with Crippen molar-refractivity contribution in [2.45, 2.75) is 45.4 Å². The van der Waals surface area contributed by atoms with E-state index in [9.17, 15) is 4.79 Å². The van der Waals surface area contributed by atoms with Gasteiger partial charge in [-0.15, -0.1) is 0 Å². The minimum atomic E-state index is 0.149. The number of ketones is 1. The predicted molar refractivity (Wildman–Crippen MR) is 78.1 cm³/mol. The zero-order chi connectivity index (χ0) is 13.2. The Bertz CT molecular complexity index is 524. The number of carbonyl (C=O) groups excluding carboxylic acids is 1. The van der Waals surface area contributed by atoms with Gasteiger partial charge in [0.1, 0.15) is 0 Å². The maximum Gasteiger partial charge on any atom is 0.159 e. The number of hydrogen-bond acceptors (Lipinski definition) is 2. The average molecular weight is 255 g/mol. The summed E-state index contributed by atoms with van der Waals surface area (Å²) in [5, 5.41) is 0. The minimum Gasteiger partial charge on any atom is -0.295 e. The van der Waals surface area contributed by atoms with E-state index >= 15 is 0 Å². The Balaban J connectivity index is 1.97. The van der Waals surface area contributed by atoms with Gasteiger partial charge in [-0.25, -0.2) is 0 Å². The van der Waals surface area contributed by atoms with Crippen molar-refractivity contribution >= 4 is 11.5 Å². The highest BCUT2D eigenvalue weighted by Gasteiger charge is 2.24. The summed E-state index contributed by atoms with van der Waals surface area (Å²) < 4.78 is 0. The second kappa shape index (κ2) is 5.28. The van der Waals surface area contributed by atoms with E-state index in [-0.39, 0.29) is 5.78 Å². The number of nitrogens with zero attached hydrogens (tertiary/aromatic N) is 1. The molecule has 1 fully saturated rings. The Morgan fingerprint density at radius 2 is 2.00 bits per heavy atom. The van der Waals surface area contributed by atoms with Gasteiger partial charge in [0.2, 0.25) is 0 Å². The van der Waals surface area contributed by atoms with Crippen LogP contribution in [0.25, 0.3) is 0 Å². The van der Waals surface area contributed by atoms with Crippen LogP contribution in [-0.2, 0) is 6.42 Å². The smallest absolute Gasteiger partial charge is 0.159 e. The normalized spacial score (nSPS) is 19.7. The van der Waals surface area contributed by atoms with Crippen LogP contribution in [0.3, 0.4) is 0 Å². The van der Waals surface area contributed by atoms with Gasteiger partial charge in [0, 0.05) is 23.7 Å². The molecule has 0 N–H and O–H groups in total. The maximum absolute atomic E-state index is 11.6. The van der Waals surface area contributed by atoms with Crippen molar-refractivity contribution in [2.24, 2.45) is 10.9 Å². The van der Waals surface area contributed by atoms with Gasteiger partial charge in [-0.2, -0.15) is 0 Å². The zero-order valence-electron chi connectivity index (χ0n) is 11.6. The summed E-state index contributed by atoms with van der Waals surface area (Å²) in [7, 11) is 0. The predicted octanol–water partition coefficient (Wildman–Crippen LogP) is 3.81. The third-order valence-corrected chi connectivity index (χ3v) is 4.45. The lowest BCUT2D eigenvalue weighted by Gasteiger charge is -2.27. The van der Waals surface area contributed by atoms with Gasteiger partial charge >= 0.3 is 0 Å². The molecule has 0 radical (unpaired) electrons. The second-order valence-corrected chi connectivity index (χ2v) is 5.78. The number of fused-ring (bicyclic) bond motifs is 1. The molecule has 1 aromatic rings. The summed E-state index contributed by atoms with van der Waals surface area (Å²) >= 11 is 0. The van der Waals surface area contributed by atoms with Gasteiger partial charge in [0.25, 0.3) is 0 Å². The van der Waals surface area contributed by atoms with Crippen LogP contribution in [0.1, 0.15) is 60.5 Å². The molecule has 0 spiro atoms. The molecule has 0 amide bonds. The molecule has 1 heterocycles. The molecule has 0 aromatic heterocycles. The van der Waals surface area contributed by atoms with Gasteiger partial charge in [0.15, 0.2) is 5.78 Å². The number of aliphatic imine (C=N–C) groups is 1. The molecule has 2 heteroatoms. The highest BCUT2D eigenvalue weighted by atomic mass is 16.1. The summed E-state index contributed by atoms with van der Waals surface area (Å²) in [6.07, 6.45) is 7.57. The fourth-order valence-corrected chi connectivity index (χ4v) is 3.36. The van der Waals surface area contributed by atoms with Crippen LogP contribution >= 0.6 is 0 Å². The van der Waals surface area contributed by atoms with E-state index in [1.165, 1.54) is 48.9 Å². The molecule has 3 rings (SSSR count). The molecule has 2 aliphatic rings. The SMILES string of the molecule is CC(=O)c1ccc2c(c1)C(C1CCCCC1)=NCC2. The number of rotatable bonds is 2. The van der Waals surface area contributed by atoms with E-state index in [1.807, 2.05) is 6.07 Å². The fourth-order valence-electron chi connectivity index (χ4n) is 3.36. The standard InChI is InChI=1S/C17H21NO/c1-12(19)15-8-7-13-9-10-18-17(16(13)11-15)14-5-3-2-4-6-14/h7-8,11,14H,2-6,9-10H2,1H3. The number of Topliss-reactive ketones (excluding diaryl/α,β-unsaturated/α-hetero) is 1. The molecule has 0 atom stereocenters. The van der Waals surface area contributed by atoms with Gasteiger partial charge in [-0.1, -0.05) is 31.4 Å². The Hall–Kier alpha value is -1.44. The minimum absolute atomic E-state index is 0.149. The van der Waals surface area contributed by atoms with Crippen molar-refractivity contribution in [1.82, 2.24) is 0 Å². The first-order valence-electron chi connectivity index (χ1n) is 7.44. The van der Waals surface area contributed by atoms with Crippen LogP contribution < -0.4 is 0 Å². The van der Waals surface area contributed by atoms with Crippen molar-refractivity contribution in [3.05, 3.63) is 34.9 Å². The average Bonchev–Trinajstić information content (AvgIpc) is 2.47. The molecular formula is C17H21NO. The van der Waals surface area contributed by atoms with E-state index in [2.05, 4.69) is 12.1 Å². The topological polar surface area (TPSA) is 29.4 Å². The van der Waals surface area contributed by atoms with E-state index in [0.717, 1.165) is 18.5 Å². The monoisotopic (exact) mass is 255 g/mol. The first-order chi connectivity index (χ1) is 9.25. The van der Waals surface area contributed by atoms with Crippen molar-refractivity contribution in [3.63, 3.8) is 0 Å². The van der Waals surface area contributed by atoms with Crippen molar-refractivity contribution in [2.75, 3.05) is 6.54 Å². The lowest BCUT2D eigenvalue weighted by molar-refractivity contribution is 0.101. The van der Waals surface area contributed by atoms with Gasteiger partial charge in [-0.05, 0) is 43.4 Å². The van der Waals surface area contributed by atoms with Gasteiger partial charge in [-0.3, -0.25) is 9.79 Å². The molecule has 1 aromatic carbocycles. The van der Waals surface area contributed by atoms with E-state index in [1.54, 1.807) is 6.92 Å². The van der Waals surface area contributed by atoms with E-state index in [0.29, 0.717) is 5.92 Å². The summed E-state index contributed by atoms with van der Waals surface area (Å²) in [6.45, 7) is 2.56. The van der Waals surface area contributed by atoms with Crippen molar-refractivity contribution in [3.8, 4) is 0 Å². The Morgan fingerprint density at radius 3 is 2.74 bits per heavy atom. The highest BCUT2D eigenvalue weighted by molar-refractivity contribution is 6.06. The molecule has 19 heavy (non-hydrogen) atoms. The first-order valence-corrected chi connectivity index (χ1v) is 7.44. The van der Waals surface area contributed by atoms with Gasteiger partial charge < -0.3 is 0 Å². The lowest BCUT2D eigenvalue weighted by atomic mass is 9.80. The second-order valence-electron chi connectivity index (χ2n) is 5.78. The molecule has 100 valence electrons. The summed E-state index contributed by atoms with van der Waals surface area (Å²) in [4.78, 5) is 16.4. The molecule has 1 aliphatic carbocycles. The first kappa shape index (κ1) is 12.6. The summed E-state index contributed by atoms with van der Waals surface area (Å²) in [6, 6.07) is 6.17. The van der Waals surface area contributed by atoms with Crippen molar-refractivity contribution in [1.29, 1.82) is 0 Å². The molecule has 0 unspecified atom stereocenters. The van der Waals surface area contributed by atoms with Crippen LogP contribution in [-0.4, -0.2) is 18.0 Å². The largest absolute Gasteiger partial charge is 0.295 e. The van der Waals surface area contributed by atoms with Gasteiger partial charge in [0.05, 0.1) is 0 Å². The summed E-state index contributed by atoms with van der Waals surface area (Å²) in [5.41, 5.74) is 4.74. The van der Waals surface area contributed by atoms with Crippen molar-refractivity contribution < 1.29 is 4.79 Å². The molecular weight excluding hydrogens is 234 g/mol. The summed E-state index contributed by atoms with van der Waals surface area (Å²) in [5.74, 6) is 0.770. The Labute approximate surface area is 114 Å². The van der Waals surface area contributed by atoms with Crippen LogP contribution in [0, 0.1) is 5.92 Å². The number of carbonyl (C=O) groups is 1. The highest BCUT2D eigenvalue weighted by Crippen LogP contribution is 2.31. The van der Waals surface area contributed by atoms with Crippen LogP contribution in [0.5, 0.6) is 0 Å². The fraction of sp³-hybridized carbons (Fsp3) is 0.529. The Kier molecular flexibility index (Phi) is 3.50. The quantitative estimate of drug-likeness (QED) is 0.739. The Morgan fingerprint density at radius 1 is 1.21 bits per heavy atom. The van der Waals surface area contributed by atoms with E-state index in [4.69, 9.17) is 4.99 Å². The molecule has 1 aliphatic heterocycles. The molecule has 1 saturated carbocycles. The maximum atomic E-state index is 11.6. The van der Waals surface area contributed by atoms with Crippen LogP contribution in [0.4, 0.5) is 0 Å². The molecule has 0 bridgehead atoms. The molecule has 0 saturated heterocycles.